The van der Waals surface area contributed by atoms with Crippen LogP contribution in [-0.4, -0.2) is 33.0 Å². The monoisotopic (exact) mass is 367 g/mol. The van der Waals surface area contributed by atoms with Gasteiger partial charge in [-0.2, -0.15) is 0 Å². The highest BCUT2D eigenvalue weighted by atomic mass is 16.1. The highest BCUT2D eigenvalue weighted by molar-refractivity contribution is 5.86. The number of nitrogens with one attached hydrogen (secondary N) is 1. The summed E-state index contributed by atoms with van der Waals surface area (Å²) in [6.45, 7) is 4.37. The summed E-state index contributed by atoms with van der Waals surface area (Å²) < 4.78 is 1.79. The molecule has 0 fully saturated rings. The van der Waals surface area contributed by atoms with Crippen molar-refractivity contribution in [1.29, 1.82) is 0 Å². The minimum absolute atomic E-state index is 0.255. The third-order valence-electron chi connectivity index (χ3n) is 3.78. The lowest BCUT2D eigenvalue weighted by atomic mass is 10.2. The number of nitrogens with zero attached hydrogens (tertiary/aromatic N) is 5. The molecule has 0 radical (unpaired) electrons. The van der Waals surface area contributed by atoms with E-state index < -0.39 is 0 Å². The number of anilines is 3. The summed E-state index contributed by atoms with van der Waals surface area (Å²) in [5.41, 5.74) is 7.56. The van der Waals surface area contributed by atoms with E-state index in [0.29, 0.717) is 29.7 Å². The summed E-state index contributed by atoms with van der Waals surface area (Å²) in [6.07, 6.45) is 4.18. The Bertz CT molecular complexity index is 877. The number of nitrogen functional groups attached to an aromatic ring is 1. The smallest absolute Gasteiger partial charge is 0.215 e. The van der Waals surface area contributed by atoms with Gasteiger partial charge in [0.25, 0.3) is 0 Å². The first-order chi connectivity index (χ1) is 13.1. The quantitative estimate of drug-likeness (QED) is 0.650. The van der Waals surface area contributed by atoms with E-state index in [1.54, 1.807) is 24.0 Å². The number of nitrogens with two attached hydrogens (primary N) is 1. The Kier molecular flexibility index (Phi) is 6.87. The number of aromatic nitrogens is 4. The summed E-state index contributed by atoms with van der Waals surface area (Å²) in [7, 11) is 3.56. The number of amides is 1. The fraction of sp³-hybridized carbons (Fsp3) is 0.263. The van der Waals surface area contributed by atoms with Crippen molar-refractivity contribution in [2.75, 3.05) is 23.0 Å². The predicted octanol–water partition coefficient (Wildman–Crippen LogP) is 2.69. The van der Waals surface area contributed by atoms with E-state index >= 15 is 0 Å². The van der Waals surface area contributed by atoms with Crippen molar-refractivity contribution < 1.29 is 4.79 Å². The summed E-state index contributed by atoms with van der Waals surface area (Å²) in [5, 5.41) is 2.97. The molecule has 0 saturated carbocycles. The molecule has 0 aliphatic rings. The van der Waals surface area contributed by atoms with E-state index in [0.717, 1.165) is 12.0 Å². The van der Waals surface area contributed by atoms with Crippen LogP contribution in [0.5, 0.6) is 0 Å². The Morgan fingerprint density at radius 3 is 2.48 bits per heavy atom. The van der Waals surface area contributed by atoms with Crippen LogP contribution in [0.4, 0.5) is 17.3 Å². The van der Waals surface area contributed by atoms with E-state index in [9.17, 15) is 4.79 Å². The molecule has 142 valence electrons. The van der Waals surface area contributed by atoms with E-state index in [4.69, 9.17) is 5.73 Å². The van der Waals surface area contributed by atoms with Gasteiger partial charge in [-0.05, 0) is 5.56 Å². The molecule has 0 bridgehead atoms. The molecule has 3 N–H and O–H groups in total. The minimum Gasteiger partial charge on any atom is -0.382 e. The number of rotatable bonds is 6. The number of carbonyl (C=O) groups excluding carboxylic acids is 1. The molecule has 3 aromatic rings. The van der Waals surface area contributed by atoms with Gasteiger partial charge in [-0.1, -0.05) is 44.2 Å². The van der Waals surface area contributed by atoms with E-state index in [-0.39, 0.29) is 5.82 Å². The van der Waals surface area contributed by atoms with Crippen molar-refractivity contribution >= 4 is 23.7 Å². The average Bonchev–Trinajstić information content (AvgIpc) is 3.14. The second-order valence-corrected chi connectivity index (χ2v) is 5.46. The van der Waals surface area contributed by atoms with Gasteiger partial charge in [0.2, 0.25) is 6.41 Å². The number of hydrogen-bond donors (Lipinski definition) is 2. The van der Waals surface area contributed by atoms with Crippen LogP contribution in [0.25, 0.3) is 11.6 Å². The van der Waals surface area contributed by atoms with Gasteiger partial charge < -0.3 is 15.6 Å². The lowest BCUT2D eigenvalue weighted by Gasteiger charge is -2.21. The van der Waals surface area contributed by atoms with Gasteiger partial charge in [0.05, 0.1) is 6.54 Å². The van der Waals surface area contributed by atoms with Gasteiger partial charge in [0, 0.05) is 26.5 Å². The Morgan fingerprint density at radius 1 is 1.22 bits per heavy atom. The van der Waals surface area contributed by atoms with Crippen LogP contribution in [0.2, 0.25) is 0 Å². The molecule has 0 saturated heterocycles. The zero-order chi connectivity index (χ0) is 19.8. The Labute approximate surface area is 159 Å². The first kappa shape index (κ1) is 19.9. The number of benzene rings is 1. The first-order valence-electron chi connectivity index (χ1n) is 8.73. The van der Waals surface area contributed by atoms with Crippen LogP contribution >= 0.6 is 0 Å². The van der Waals surface area contributed by atoms with Gasteiger partial charge in [-0.3, -0.25) is 9.69 Å². The van der Waals surface area contributed by atoms with Crippen LogP contribution in [0.15, 0.2) is 42.7 Å². The zero-order valence-corrected chi connectivity index (χ0v) is 16.0. The number of hydrogen-bond acceptors (Lipinski definition) is 6. The largest absolute Gasteiger partial charge is 0.382 e. The third-order valence-corrected chi connectivity index (χ3v) is 3.78. The molecule has 0 atom stereocenters. The van der Waals surface area contributed by atoms with Crippen LogP contribution in [0, 0.1) is 0 Å². The van der Waals surface area contributed by atoms with Crippen LogP contribution in [0.1, 0.15) is 19.4 Å². The second kappa shape index (κ2) is 9.33. The Balaban J connectivity index is 0.00000126. The van der Waals surface area contributed by atoms with Gasteiger partial charge in [0.1, 0.15) is 5.69 Å². The van der Waals surface area contributed by atoms with Gasteiger partial charge in [-0.25, -0.2) is 15.0 Å². The topological polar surface area (TPSA) is 102 Å². The van der Waals surface area contributed by atoms with Gasteiger partial charge in [0.15, 0.2) is 23.3 Å². The molecule has 1 amide bonds. The van der Waals surface area contributed by atoms with Crippen molar-refractivity contribution in [1.82, 2.24) is 19.5 Å². The Morgan fingerprint density at radius 2 is 1.93 bits per heavy atom. The predicted molar refractivity (Wildman–Crippen MR) is 108 cm³/mol. The number of carbonyl (C=O) groups is 1. The molecule has 1 aromatic carbocycles. The zero-order valence-electron chi connectivity index (χ0n) is 16.0. The van der Waals surface area contributed by atoms with Gasteiger partial charge >= 0.3 is 0 Å². The molecular weight excluding hydrogens is 342 g/mol. The summed E-state index contributed by atoms with van der Waals surface area (Å²) in [6, 6.07) is 9.66. The maximum atomic E-state index is 11.7. The molecule has 0 aliphatic heterocycles. The number of imidazole rings is 1. The summed E-state index contributed by atoms with van der Waals surface area (Å²) in [4.78, 5) is 26.3. The molecule has 2 aromatic heterocycles. The summed E-state index contributed by atoms with van der Waals surface area (Å²) in [5.74, 6) is 1.59. The molecule has 8 nitrogen and oxygen atoms in total. The molecule has 0 spiro atoms. The fourth-order valence-electron chi connectivity index (χ4n) is 2.54. The highest BCUT2D eigenvalue weighted by Gasteiger charge is 2.20. The van der Waals surface area contributed by atoms with Crippen molar-refractivity contribution in [3.05, 3.63) is 48.3 Å². The van der Waals surface area contributed by atoms with Crippen LogP contribution in [-0.2, 0) is 18.4 Å². The summed E-state index contributed by atoms with van der Waals surface area (Å²) >= 11 is 0. The SMILES string of the molecule is CC.CNc1c(N)nc(-c2nccn2C)nc1N(C=O)Cc1ccccc1. The molecule has 3 rings (SSSR count). The highest BCUT2D eigenvalue weighted by Crippen LogP contribution is 2.31. The Hall–Kier alpha value is -3.42. The molecule has 27 heavy (non-hydrogen) atoms. The van der Waals surface area contributed by atoms with Crippen molar-refractivity contribution in [2.45, 2.75) is 20.4 Å². The van der Waals surface area contributed by atoms with Crippen molar-refractivity contribution in [3.63, 3.8) is 0 Å². The third kappa shape index (κ3) is 4.41. The maximum Gasteiger partial charge on any atom is 0.215 e. The fourth-order valence-corrected chi connectivity index (χ4v) is 2.54. The average molecular weight is 367 g/mol. The number of aryl methyl sites for hydroxylation is 1. The van der Waals surface area contributed by atoms with E-state index in [2.05, 4.69) is 20.3 Å². The molecule has 8 heteroatoms. The second-order valence-electron chi connectivity index (χ2n) is 5.46. The molecule has 0 aliphatic carbocycles. The lowest BCUT2D eigenvalue weighted by molar-refractivity contribution is -0.107. The van der Waals surface area contributed by atoms with Crippen molar-refractivity contribution in [3.8, 4) is 11.6 Å². The maximum absolute atomic E-state index is 11.7. The molecule has 0 unspecified atom stereocenters. The van der Waals surface area contributed by atoms with Crippen LogP contribution in [0.3, 0.4) is 0 Å². The lowest BCUT2D eigenvalue weighted by Crippen LogP contribution is -2.24. The van der Waals surface area contributed by atoms with Crippen molar-refractivity contribution in [2.24, 2.45) is 7.05 Å². The van der Waals surface area contributed by atoms with E-state index in [1.165, 1.54) is 4.90 Å². The minimum atomic E-state index is 0.255. The van der Waals surface area contributed by atoms with Gasteiger partial charge in [-0.15, -0.1) is 0 Å². The first-order valence-corrected chi connectivity index (χ1v) is 8.73. The van der Waals surface area contributed by atoms with E-state index in [1.807, 2.05) is 51.2 Å². The standard InChI is InChI=1S/C17H19N7O.C2H6/c1-19-13-14(18)21-15(17-20-8-9-23(17)2)22-16(13)24(11-25)10-12-6-4-3-5-7-12;1-2/h3-9,11,19H,10H2,1-2H3,(H2,18,21,22);1-2H3. The molecular formula is C19H25N7O. The molecule has 2 heterocycles. The normalized spacial score (nSPS) is 9.93. The van der Waals surface area contributed by atoms with Crippen LogP contribution < -0.4 is 16.0 Å².